The summed E-state index contributed by atoms with van der Waals surface area (Å²) in [4.78, 5) is 45.3. The zero-order chi connectivity index (χ0) is 23.3. The molecule has 1 fully saturated rings. The van der Waals surface area contributed by atoms with Crippen molar-refractivity contribution in [3.63, 3.8) is 0 Å². The van der Waals surface area contributed by atoms with Gasteiger partial charge in [-0.3, -0.25) is 14.4 Å². The largest absolute Gasteiger partial charge is 0.466 e. The van der Waals surface area contributed by atoms with Gasteiger partial charge in [0.25, 0.3) is 5.91 Å². The number of rotatable bonds is 7. The van der Waals surface area contributed by atoms with Crippen LogP contribution in [0.2, 0.25) is 0 Å². The van der Waals surface area contributed by atoms with E-state index < -0.39 is 0 Å². The van der Waals surface area contributed by atoms with E-state index >= 15 is 0 Å². The number of nitrogens with zero attached hydrogens (tertiary/aromatic N) is 5. The topological polar surface area (TPSA) is 97.6 Å². The van der Waals surface area contributed by atoms with E-state index in [-0.39, 0.29) is 36.2 Å². The number of hydrogen-bond donors (Lipinski definition) is 0. The number of carbonyl (C=O) groups excluding carboxylic acids is 3. The van der Waals surface area contributed by atoms with Crippen molar-refractivity contribution < 1.29 is 19.1 Å². The molecule has 32 heavy (non-hydrogen) atoms. The van der Waals surface area contributed by atoms with Crippen molar-refractivity contribution in [3.05, 3.63) is 41.9 Å². The molecule has 0 unspecified atom stereocenters. The predicted molar refractivity (Wildman–Crippen MR) is 118 cm³/mol. The van der Waals surface area contributed by atoms with Gasteiger partial charge in [0.1, 0.15) is 0 Å². The van der Waals surface area contributed by atoms with Crippen LogP contribution in [0.15, 0.2) is 30.6 Å². The van der Waals surface area contributed by atoms with Gasteiger partial charge in [0.15, 0.2) is 5.82 Å². The normalized spacial score (nSPS) is 14.5. The minimum absolute atomic E-state index is 0.0319. The number of pyridine rings is 1. The second-order valence-corrected chi connectivity index (χ2v) is 8.27. The molecule has 3 rings (SSSR count). The highest BCUT2D eigenvalue weighted by molar-refractivity contribution is 5.97. The zero-order valence-electron chi connectivity index (χ0n) is 19.2. The number of amides is 2. The first-order valence-corrected chi connectivity index (χ1v) is 11.0. The molecular weight excluding hydrogens is 410 g/mol. The molecule has 1 aliphatic heterocycles. The molecule has 172 valence electrons. The Labute approximate surface area is 188 Å². The molecule has 9 nitrogen and oxygen atoms in total. The summed E-state index contributed by atoms with van der Waals surface area (Å²) in [6.07, 6.45) is 4.38. The molecule has 2 amide bonds. The molecule has 0 bridgehead atoms. The van der Waals surface area contributed by atoms with E-state index in [0.29, 0.717) is 43.9 Å². The number of carbonyl (C=O) groups is 3. The van der Waals surface area contributed by atoms with Gasteiger partial charge in [-0.2, -0.15) is 5.10 Å². The van der Waals surface area contributed by atoms with Crippen LogP contribution < -0.4 is 0 Å². The van der Waals surface area contributed by atoms with Crippen LogP contribution in [0, 0.1) is 5.92 Å². The molecule has 0 saturated carbocycles. The van der Waals surface area contributed by atoms with Gasteiger partial charge in [-0.15, -0.1) is 0 Å². The number of likely N-dealkylation sites (N-methyl/N-ethyl adjacent to an activating group) is 1. The van der Waals surface area contributed by atoms with E-state index in [0.717, 1.165) is 5.69 Å². The minimum atomic E-state index is -0.259. The Kier molecular flexibility index (Phi) is 7.61. The van der Waals surface area contributed by atoms with Gasteiger partial charge in [0.05, 0.1) is 36.5 Å². The van der Waals surface area contributed by atoms with Gasteiger partial charge >= 0.3 is 5.97 Å². The highest BCUT2D eigenvalue weighted by Gasteiger charge is 2.30. The second kappa shape index (κ2) is 10.4. The fraction of sp³-hybridized carbons (Fsp3) is 0.522. The molecular formula is C23H31N5O4. The average Bonchev–Trinajstić information content (AvgIpc) is 3.25. The molecule has 0 aliphatic carbocycles. The fourth-order valence-electron chi connectivity index (χ4n) is 3.94. The summed E-state index contributed by atoms with van der Waals surface area (Å²) < 4.78 is 6.75. The molecule has 0 atom stereocenters. The van der Waals surface area contributed by atoms with Gasteiger partial charge in [-0.05, 0) is 37.8 Å². The van der Waals surface area contributed by atoms with Gasteiger partial charge in [-0.25, -0.2) is 9.67 Å². The Morgan fingerprint density at radius 1 is 1.22 bits per heavy atom. The number of aromatic nitrogens is 3. The van der Waals surface area contributed by atoms with Gasteiger partial charge in [-0.1, -0.05) is 19.9 Å². The highest BCUT2D eigenvalue weighted by Crippen LogP contribution is 2.24. The van der Waals surface area contributed by atoms with Crippen molar-refractivity contribution >= 4 is 17.8 Å². The number of piperidine rings is 1. The van der Waals surface area contributed by atoms with Gasteiger partial charge in [0, 0.05) is 26.3 Å². The summed E-state index contributed by atoms with van der Waals surface area (Å²) in [6, 6.07) is 5.52. The number of esters is 1. The third-order valence-corrected chi connectivity index (χ3v) is 5.64. The summed E-state index contributed by atoms with van der Waals surface area (Å²) >= 11 is 0. The molecule has 2 aromatic rings. The Morgan fingerprint density at radius 2 is 1.94 bits per heavy atom. The van der Waals surface area contributed by atoms with Crippen LogP contribution in [0.5, 0.6) is 0 Å². The minimum Gasteiger partial charge on any atom is -0.466 e. The van der Waals surface area contributed by atoms with Crippen LogP contribution >= 0.6 is 0 Å². The summed E-state index contributed by atoms with van der Waals surface area (Å²) in [7, 11) is 1.62. The van der Waals surface area contributed by atoms with E-state index in [1.165, 1.54) is 11.1 Å². The highest BCUT2D eigenvalue weighted by atomic mass is 16.5. The average molecular weight is 442 g/mol. The van der Waals surface area contributed by atoms with Crippen molar-refractivity contribution in [2.45, 2.75) is 39.5 Å². The molecule has 1 saturated heterocycles. The summed E-state index contributed by atoms with van der Waals surface area (Å²) in [5, 5.41) is 4.39. The van der Waals surface area contributed by atoms with Crippen molar-refractivity contribution in [2.24, 2.45) is 5.92 Å². The van der Waals surface area contributed by atoms with E-state index in [2.05, 4.69) is 10.1 Å². The predicted octanol–water partition coefficient (Wildman–Crippen LogP) is 2.26. The van der Waals surface area contributed by atoms with E-state index in [4.69, 9.17) is 4.74 Å². The molecule has 9 heteroatoms. The molecule has 0 radical (unpaired) electrons. The Bertz CT molecular complexity index is 949. The zero-order valence-corrected chi connectivity index (χ0v) is 19.2. The summed E-state index contributed by atoms with van der Waals surface area (Å²) in [5.74, 6) is -0.0812. The molecule has 0 spiro atoms. The molecule has 2 aromatic heterocycles. The van der Waals surface area contributed by atoms with Gasteiger partial charge in [0.2, 0.25) is 5.91 Å². The SMILES string of the molecule is CCOC(=O)C1CCN(C(=O)CN(C)C(=O)c2cnn(-c3ccccn3)c2C(C)C)CC1. The third-order valence-electron chi connectivity index (χ3n) is 5.64. The first-order valence-electron chi connectivity index (χ1n) is 11.0. The quantitative estimate of drug-likeness (QED) is 0.612. The molecule has 0 N–H and O–H groups in total. The van der Waals surface area contributed by atoms with Crippen LogP contribution in [-0.2, 0) is 14.3 Å². The number of hydrogen-bond acceptors (Lipinski definition) is 6. The monoisotopic (exact) mass is 441 g/mol. The summed E-state index contributed by atoms with van der Waals surface area (Å²) in [6.45, 7) is 7.07. The van der Waals surface area contributed by atoms with E-state index in [1.54, 1.807) is 29.7 Å². The van der Waals surface area contributed by atoms with E-state index in [9.17, 15) is 14.4 Å². The van der Waals surface area contributed by atoms with Crippen molar-refractivity contribution in [1.29, 1.82) is 0 Å². The maximum atomic E-state index is 13.2. The number of ether oxygens (including phenoxy) is 1. The fourth-order valence-corrected chi connectivity index (χ4v) is 3.94. The smallest absolute Gasteiger partial charge is 0.309 e. The molecule has 3 heterocycles. The second-order valence-electron chi connectivity index (χ2n) is 8.27. The summed E-state index contributed by atoms with van der Waals surface area (Å²) in [5.41, 5.74) is 1.21. The lowest BCUT2D eigenvalue weighted by Crippen LogP contribution is -2.45. The Morgan fingerprint density at radius 3 is 2.53 bits per heavy atom. The lowest BCUT2D eigenvalue weighted by molar-refractivity contribution is -0.151. The molecule has 0 aromatic carbocycles. The standard InChI is InChI=1S/C23H31N5O4/c1-5-32-23(31)17-9-12-27(13-10-17)20(29)15-26(4)22(30)18-14-25-28(21(18)16(2)3)19-8-6-7-11-24-19/h6-8,11,14,16-17H,5,9-10,12-13,15H2,1-4H3. The first kappa shape index (κ1) is 23.4. The van der Waals surface area contributed by atoms with Crippen molar-refractivity contribution in [2.75, 3.05) is 33.3 Å². The third kappa shape index (κ3) is 5.15. The lowest BCUT2D eigenvalue weighted by Gasteiger charge is -2.32. The van der Waals surface area contributed by atoms with E-state index in [1.807, 2.05) is 32.0 Å². The maximum Gasteiger partial charge on any atom is 0.309 e. The van der Waals surface area contributed by atoms with Crippen LogP contribution in [0.4, 0.5) is 0 Å². The van der Waals surface area contributed by atoms with Crippen LogP contribution in [0.1, 0.15) is 55.6 Å². The van der Waals surface area contributed by atoms with Crippen LogP contribution in [-0.4, -0.2) is 75.6 Å². The van der Waals surface area contributed by atoms with Crippen LogP contribution in [0.3, 0.4) is 0 Å². The Balaban J connectivity index is 1.66. The Hall–Kier alpha value is -3.23. The maximum absolute atomic E-state index is 13.2. The van der Waals surface area contributed by atoms with Crippen molar-refractivity contribution in [3.8, 4) is 5.82 Å². The van der Waals surface area contributed by atoms with Gasteiger partial charge < -0.3 is 14.5 Å². The number of likely N-dealkylation sites (tertiary alicyclic amines) is 1. The van der Waals surface area contributed by atoms with Crippen LogP contribution in [0.25, 0.3) is 5.82 Å². The lowest BCUT2D eigenvalue weighted by atomic mass is 9.97. The molecule has 1 aliphatic rings. The van der Waals surface area contributed by atoms with Crippen molar-refractivity contribution in [1.82, 2.24) is 24.6 Å². The first-order chi connectivity index (χ1) is 15.3.